The van der Waals surface area contributed by atoms with Crippen LogP contribution in [0.1, 0.15) is 19.4 Å². The Labute approximate surface area is 114 Å². The first-order valence-electron chi connectivity index (χ1n) is 6.27. The molecule has 0 bridgehead atoms. The molecule has 0 heterocycles. The number of anilines is 1. The Morgan fingerprint density at radius 3 is 2.78 bits per heavy atom. The molecule has 4 heteroatoms. The lowest BCUT2D eigenvalue weighted by molar-refractivity contribution is -0.118. The number of amides is 1. The monoisotopic (exact) mass is 266 g/mol. The van der Waals surface area contributed by atoms with E-state index >= 15 is 0 Å². The second kappa shape index (κ2) is 8.16. The van der Waals surface area contributed by atoms with Crippen LogP contribution in [0.2, 0.25) is 0 Å². The lowest BCUT2D eigenvalue weighted by Gasteiger charge is -2.14. The van der Waals surface area contributed by atoms with Gasteiger partial charge in [0.2, 0.25) is 5.91 Å². The van der Waals surface area contributed by atoms with Crippen LogP contribution in [0.5, 0.6) is 0 Å². The third kappa shape index (κ3) is 4.70. The summed E-state index contributed by atoms with van der Waals surface area (Å²) in [7, 11) is 0. The summed E-state index contributed by atoms with van der Waals surface area (Å²) in [5.41, 5.74) is 2.04. The molecule has 100 valence electrons. The molecule has 0 aliphatic carbocycles. The van der Waals surface area contributed by atoms with Gasteiger partial charge >= 0.3 is 0 Å². The zero-order chi connectivity index (χ0) is 13.4. The van der Waals surface area contributed by atoms with Crippen LogP contribution in [-0.2, 0) is 11.3 Å². The average Bonchev–Trinajstić information content (AvgIpc) is 2.38. The summed E-state index contributed by atoms with van der Waals surface area (Å²) >= 11 is 1.69. The molecule has 0 aliphatic rings. The van der Waals surface area contributed by atoms with E-state index in [4.69, 9.17) is 0 Å². The van der Waals surface area contributed by atoms with Crippen molar-refractivity contribution >= 4 is 23.4 Å². The van der Waals surface area contributed by atoms with Crippen LogP contribution in [-0.4, -0.2) is 24.5 Å². The van der Waals surface area contributed by atoms with Gasteiger partial charge in [0, 0.05) is 23.9 Å². The van der Waals surface area contributed by atoms with E-state index in [2.05, 4.69) is 17.6 Å². The highest BCUT2D eigenvalue weighted by atomic mass is 32.2. The summed E-state index contributed by atoms with van der Waals surface area (Å²) < 4.78 is 0. The van der Waals surface area contributed by atoms with E-state index in [1.807, 2.05) is 37.4 Å². The average molecular weight is 266 g/mol. The SMILES string of the molecule is CCNCc1ccccc1NC(=O)C(C)CSC. The summed E-state index contributed by atoms with van der Waals surface area (Å²) in [5.74, 6) is 0.974. The van der Waals surface area contributed by atoms with E-state index in [-0.39, 0.29) is 11.8 Å². The second-order valence-electron chi connectivity index (χ2n) is 4.28. The van der Waals surface area contributed by atoms with Crippen LogP contribution in [0.4, 0.5) is 5.69 Å². The standard InChI is InChI=1S/C14H22N2OS/c1-4-15-9-12-7-5-6-8-13(12)16-14(17)11(2)10-18-3/h5-8,11,15H,4,9-10H2,1-3H3,(H,16,17). The highest BCUT2D eigenvalue weighted by Crippen LogP contribution is 2.16. The molecule has 1 rings (SSSR count). The number of thioether (sulfide) groups is 1. The Morgan fingerprint density at radius 1 is 1.39 bits per heavy atom. The summed E-state index contributed by atoms with van der Waals surface area (Å²) in [4.78, 5) is 12.0. The number of carbonyl (C=O) groups excluding carboxylic acids is 1. The molecular weight excluding hydrogens is 244 g/mol. The van der Waals surface area contributed by atoms with Crippen LogP contribution in [0.25, 0.3) is 0 Å². The van der Waals surface area contributed by atoms with Gasteiger partial charge < -0.3 is 10.6 Å². The van der Waals surface area contributed by atoms with Gasteiger partial charge in [-0.25, -0.2) is 0 Å². The lowest BCUT2D eigenvalue weighted by atomic mass is 10.1. The maximum absolute atomic E-state index is 12.0. The maximum atomic E-state index is 12.0. The Bertz CT molecular complexity index is 382. The van der Waals surface area contributed by atoms with Crippen molar-refractivity contribution in [3.8, 4) is 0 Å². The first kappa shape index (κ1) is 15.1. The zero-order valence-corrected chi connectivity index (χ0v) is 12.1. The van der Waals surface area contributed by atoms with Crippen LogP contribution in [0, 0.1) is 5.92 Å². The quantitative estimate of drug-likeness (QED) is 0.797. The maximum Gasteiger partial charge on any atom is 0.228 e. The molecule has 1 atom stereocenters. The van der Waals surface area contributed by atoms with E-state index in [9.17, 15) is 4.79 Å². The van der Waals surface area contributed by atoms with Crippen molar-refractivity contribution in [1.82, 2.24) is 5.32 Å². The van der Waals surface area contributed by atoms with Gasteiger partial charge in [-0.05, 0) is 24.4 Å². The van der Waals surface area contributed by atoms with Gasteiger partial charge in [-0.15, -0.1) is 0 Å². The zero-order valence-electron chi connectivity index (χ0n) is 11.3. The van der Waals surface area contributed by atoms with Gasteiger partial charge in [0.15, 0.2) is 0 Å². The summed E-state index contributed by atoms with van der Waals surface area (Å²) in [6, 6.07) is 7.94. The fourth-order valence-corrected chi connectivity index (χ4v) is 2.29. The fraction of sp³-hybridized carbons (Fsp3) is 0.500. The lowest BCUT2D eigenvalue weighted by Crippen LogP contribution is -2.23. The normalized spacial score (nSPS) is 12.2. The summed E-state index contributed by atoms with van der Waals surface area (Å²) in [6.45, 7) is 5.73. The van der Waals surface area contributed by atoms with Gasteiger partial charge in [0.25, 0.3) is 0 Å². The van der Waals surface area contributed by atoms with Crippen LogP contribution < -0.4 is 10.6 Å². The second-order valence-corrected chi connectivity index (χ2v) is 5.19. The summed E-state index contributed by atoms with van der Waals surface area (Å²) in [6.07, 6.45) is 2.02. The van der Waals surface area contributed by atoms with Crippen molar-refractivity contribution in [3.63, 3.8) is 0 Å². The minimum atomic E-state index is 0.0344. The number of rotatable bonds is 7. The molecule has 3 nitrogen and oxygen atoms in total. The third-order valence-electron chi connectivity index (χ3n) is 2.70. The van der Waals surface area contributed by atoms with E-state index in [0.717, 1.165) is 30.1 Å². The van der Waals surface area contributed by atoms with Crippen molar-refractivity contribution in [2.24, 2.45) is 5.92 Å². The predicted molar refractivity (Wildman–Crippen MR) is 80.0 cm³/mol. The molecule has 1 aromatic rings. The molecule has 0 saturated heterocycles. The number of hydrogen-bond donors (Lipinski definition) is 2. The minimum absolute atomic E-state index is 0.0344. The highest BCUT2D eigenvalue weighted by molar-refractivity contribution is 7.98. The molecule has 1 aromatic carbocycles. The topological polar surface area (TPSA) is 41.1 Å². The molecule has 0 spiro atoms. The highest BCUT2D eigenvalue weighted by Gasteiger charge is 2.13. The van der Waals surface area contributed by atoms with Gasteiger partial charge in [0.1, 0.15) is 0 Å². The molecule has 0 fully saturated rings. The molecule has 1 amide bonds. The van der Waals surface area contributed by atoms with E-state index in [1.54, 1.807) is 11.8 Å². The first-order valence-corrected chi connectivity index (χ1v) is 7.66. The van der Waals surface area contributed by atoms with Crippen LogP contribution in [0.15, 0.2) is 24.3 Å². The number of hydrogen-bond acceptors (Lipinski definition) is 3. The Balaban J connectivity index is 2.68. The van der Waals surface area contributed by atoms with Crippen molar-refractivity contribution in [3.05, 3.63) is 29.8 Å². The Kier molecular flexibility index (Phi) is 6.83. The van der Waals surface area contributed by atoms with Crippen LogP contribution >= 0.6 is 11.8 Å². The van der Waals surface area contributed by atoms with E-state index < -0.39 is 0 Å². The third-order valence-corrected chi connectivity index (χ3v) is 3.54. The summed E-state index contributed by atoms with van der Waals surface area (Å²) in [5, 5.41) is 6.29. The van der Waals surface area contributed by atoms with Crippen molar-refractivity contribution in [2.45, 2.75) is 20.4 Å². The largest absolute Gasteiger partial charge is 0.326 e. The fourth-order valence-electron chi connectivity index (χ4n) is 1.64. The smallest absolute Gasteiger partial charge is 0.228 e. The Hall–Kier alpha value is -1.000. The van der Waals surface area contributed by atoms with Crippen molar-refractivity contribution in [2.75, 3.05) is 23.9 Å². The van der Waals surface area contributed by atoms with Crippen molar-refractivity contribution in [1.29, 1.82) is 0 Å². The molecule has 0 saturated carbocycles. The molecule has 2 N–H and O–H groups in total. The first-order chi connectivity index (χ1) is 8.69. The molecule has 0 aromatic heterocycles. The minimum Gasteiger partial charge on any atom is -0.326 e. The number of benzene rings is 1. The number of nitrogens with one attached hydrogen (secondary N) is 2. The predicted octanol–water partition coefficient (Wildman–Crippen LogP) is 2.73. The number of para-hydroxylation sites is 1. The molecule has 1 unspecified atom stereocenters. The number of carbonyl (C=O) groups is 1. The van der Waals surface area contributed by atoms with Crippen LogP contribution in [0.3, 0.4) is 0 Å². The molecule has 0 aliphatic heterocycles. The van der Waals surface area contributed by atoms with E-state index in [1.165, 1.54) is 0 Å². The van der Waals surface area contributed by atoms with Gasteiger partial charge in [-0.1, -0.05) is 32.0 Å². The van der Waals surface area contributed by atoms with Gasteiger partial charge in [-0.2, -0.15) is 11.8 Å². The molecule has 18 heavy (non-hydrogen) atoms. The van der Waals surface area contributed by atoms with Gasteiger partial charge in [-0.3, -0.25) is 4.79 Å². The molecular formula is C14H22N2OS. The molecule has 0 radical (unpaired) electrons. The van der Waals surface area contributed by atoms with Crippen molar-refractivity contribution < 1.29 is 4.79 Å². The Morgan fingerprint density at radius 2 is 2.11 bits per heavy atom. The van der Waals surface area contributed by atoms with E-state index in [0.29, 0.717) is 0 Å². The van der Waals surface area contributed by atoms with Gasteiger partial charge in [0.05, 0.1) is 0 Å².